The number of nitrogens with zero attached hydrogens (tertiary/aromatic N) is 5. The third-order valence-corrected chi connectivity index (χ3v) is 4.78. The fourth-order valence-corrected chi connectivity index (χ4v) is 3.29. The predicted octanol–water partition coefficient (Wildman–Crippen LogP) is 3.54. The summed E-state index contributed by atoms with van der Waals surface area (Å²) in [5.41, 5.74) is 0.596. The third kappa shape index (κ3) is 3.69. The molecule has 0 atom stereocenters. The van der Waals surface area contributed by atoms with E-state index in [0.717, 1.165) is 12.1 Å². The SMILES string of the molecule is COc1nn(C)cc1-c1nnc(SCc2cccc(C(F)(F)F)c2)n1C. The Morgan fingerprint density at radius 2 is 1.96 bits per heavy atom. The molecule has 3 rings (SSSR count). The minimum atomic E-state index is -4.35. The van der Waals surface area contributed by atoms with E-state index in [9.17, 15) is 13.2 Å². The number of hydrogen-bond acceptors (Lipinski definition) is 5. The standard InChI is InChI=1S/C16H16F3N5OS/c1-23-8-12(14(22-23)25-3)13-20-21-15(24(13)2)26-9-10-5-4-6-11(7-10)16(17,18)19/h4-8H,9H2,1-3H3. The third-order valence-electron chi connectivity index (χ3n) is 3.69. The Balaban J connectivity index is 1.79. The van der Waals surface area contributed by atoms with E-state index in [0.29, 0.717) is 33.7 Å². The van der Waals surface area contributed by atoms with Gasteiger partial charge in [-0.25, -0.2) is 0 Å². The first kappa shape index (κ1) is 18.3. The summed E-state index contributed by atoms with van der Waals surface area (Å²) in [7, 11) is 5.08. The van der Waals surface area contributed by atoms with E-state index in [1.807, 2.05) is 0 Å². The Hall–Kier alpha value is -2.49. The van der Waals surface area contributed by atoms with Crippen molar-refractivity contribution in [2.24, 2.45) is 14.1 Å². The average molecular weight is 383 g/mol. The molecule has 0 bridgehead atoms. The van der Waals surface area contributed by atoms with Crippen molar-refractivity contribution in [3.8, 4) is 17.3 Å². The van der Waals surface area contributed by atoms with Crippen molar-refractivity contribution < 1.29 is 17.9 Å². The fraction of sp³-hybridized carbons (Fsp3) is 0.312. The van der Waals surface area contributed by atoms with Crippen LogP contribution in [0.15, 0.2) is 35.6 Å². The quantitative estimate of drug-likeness (QED) is 0.631. The molecule has 0 aliphatic carbocycles. The second-order valence-electron chi connectivity index (χ2n) is 5.58. The Morgan fingerprint density at radius 3 is 2.65 bits per heavy atom. The van der Waals surface area contributed by atoms with Gasteiger partial charge in [0.25, 0.3) is 0 Å². The second-order valence-corrected chi connectivity index (χ2v) is 6.52. The summed E-state index contributed by atoms with van der Waals surface area (Å²) in [4.78, 5) is 0. The number of rotatable bonds is 5. The Bertz CT molecular complexity index is 919. The van der Waals surface area contributed by atoms with Crippen LogP contribution in [-0.4, -0.2) is 31.7 Å². The van der Waals surface area contributed by atoms with E-state index in [4.69, 9.17) is 4.74 Å². The summed E-state index contributed by atoms with van der Waals surface area (Å²) in [6, 6.07) is 5.27. The topological polar surface area (TPSA) is 57.8 Å². The molecule has 26 heavy (non-hydrogen) atoms. The summed E-state index contributed by atoms with van der Waals surface area (Å²) < 4.78 is 47.0. The summed E-state index contributed by atoms with van der Waals surface area (Å²) in [6.45, 7) is 0. The van der Waals surface area contributed by atoms with Gasteiger partial charge in [0, 0.05) is 26.0 Å². The molecule has 0 unspecified atom stereocenters. The maximum atomic E-state index is 12.8. The van der Waals surface area contributed by atoms with E-state index in [1.165, 1.54) is 24.9 Å². The number of alkyl halides is 3. The van der Waals surface area contributed by atoms with Gasteiger partial charge in [-0.15, -0.1) is 15.3 Å². The molecule has 0 aliphatic heterocycles. The van der Waals surface area contributed by atoms with Crippen LogP contribution in [0.5, 0.6) is 5.88 Å². The highest BCUT2D eigenvalue weighted by molar-refractivity contribution is 7.98. The van der Waals surface area contributed by atoms with Gasteiger partial charge in [-0.3, -0.25) is 4.68 Å². The number of aromatic nitrogens is 5. The van der Waals surface area contributed by atoms with Crippen LogP contribution in [-0.2, 0) is 26.0 Å². The Morgan fingerprint density at radius 1 is 1.19 bits per heavy atom. The molecule has 0 fully saturated rings. The number of benzene rings is 1. The highest BCUT2D eigenvalue weighted by Crippen LogP contribution is 2.32. The first-order valence-electron chi connectivity index (χ1n) is 7.56. The maximum Gasteiger partial charge on any atom is 0.416 e. The molecular formula is C16H16F3N5OS. The van der Waals surface area contributed by atoms with Crippen molar-refractivity contribution in [1.82, 2.24) is 24.5 Å². The molecule has 0 saturated carbocycles. The van der Waals surface area contributed by atoms with E-state index in [2.05, 4.69) is 15.3 Å². The monoisotopic (exact) mass is 383 g/mol. The van der Waals surface area contributed by atoms with Gasteiger partial charge < -0.3 is 9.30 Å². The van der Waals surface area contributed by atoms with Gasteiger partial charge in [0.15, 0.2) is 11.0 Å². The summed E-state index contributed by atoms with van der Waals surface area (Å²) in [5, 5.41) is 13.0. The number of aryl methyl sites for hydroxylation is 1. The molecule has 6 nitrogen and oxygen atoms in total. The normalized spacial score (nSPS) is 11.8. The lowest BCUT2D eigenvalue weighted by molar-refractivity contribution is -0.137. The first-order valence-corrected chi connectivity index (χ1v) is 8.54. The van der Waals surface area contributed by atoms with E-state index in [1.54, 1.807) is 35.6 Å². The minimum absolute atomic E-state index is 0.347. The van der Waals surface area contributed by atoms with Crippen molar-refractivity contribution in [3.63, 3.8) is 0 Å². The zero-order chi connectivity index (χ0) is 18.9. The molecule has 0 N–H and O–H groups in total. The zero-order valence-corrected chi connectivity index (χ0v) is 15.1. The molecule has 0 radical (unpaired) electrons. The molecule has 3 aromatic rings. The van der Waals surface area contributed by atoms with Gasteiger partial charge in [0.2, 0.25) is 5.88 Å². The molecular weight excluding hydrogens is 367 g/mol. The van der Waals surface area contributed by atoms with E-state index >= 15 is 0 Å². The fourth-order valence-electron chi connectivity index (χ4n) is 2.43. The number of thioether (sulfide) groups is 1. The summed E-state index contributed by atoms with van der Waals surface area (Å²) in [6.07, 6.45) is -2.58. The minimum Gasteiger partial charge on any atom is -0.479 e. The molecule has 1 aromatic carbocycles. The van der Waals surface area contributed by atoms with Gasteiger partial charge in [-0.05, 0) is 11.6 Å². The predicted molar refractivity (Wildman–Crippen MR) is 90.8 cm³/mol. The highest BCUT2D eigenvalue weighted by Gasteiger charge is 2.30. The summed E-state index contributed by atoms with van der Waals surface area (Å²) in [5.74, 6) is 1.35. The Labute approximate surface area is 152 Å². The lowest BCUT2D eigenvalue weighted by atomic mass is 10.1. The van der Waals surface area contributed by atoms with Crippen LogP contribution in [0.2, 0.25) is 0 Å². The Kier molecular flexibility index (Phi) is 4.94. The van der Waals surface area contributed by atoms with Crippen LogP contribution in [0.4, 0.5) is 13.2 Å². The molecule has 0 saturated heterocycles. The highest BCUT2D eigenvalue weighted by atomic mass is 32.2. The van der Waals surface area contributed by atoms with Crippen LogP contribution in [0.3, 0.4) is 0 Å². The molecule has 2 aromatic heterocycles. The summed E-state index contributed by atoms with van der Waals surface area (Å²) >= 11 is 1.31. The van der Waals surface area contributed by atoms with Crippen molar-refractivity contribution >= 4 is 11.8 Å². The smallest absolute Gasteiger partial charge is 0.416 e. The van der Waals surface area contributed by atoms with Gasteiger partial charge in [-0.2, -0.15) is 13.2 Å². The zero-order valence-electron chi connectivity index (χ0n) is 14.3. The van der Waals surface area contributed by atoms with Crippen molar-refractivity contribution in [2.45, 2.75) is 17.1 Å². The van der Waals surface area contributed by atoms with Crippen LogP contribution < -0.4 is 4.74 Å². The van der Waals surface area contributed by atoms with Crippen molar-refractivity contribution in [2.75, 3.05) is 7.11 Å². The molecule has 0 spiro atoms. The van der Waals surface area contributed by atoms with Gasteiger partial charge in [-0.1, -0.05) is 30.0 Å². The first-order chi connectivity index (χ1) is 12.3. The molecule has 0 aliphatic rings. The number of halogens is 3. The lowest BCUT2D eigenvalue weighted by Gasteiger charge is -2.08. The van der Waals surface area contributed by atoms with Crippen molar-refractivity contribution in [3.05, 3.63) is 41.6 Å². The molecule has 10 heteroatoms. The molecule has 2 heterocycles. The van der Waals surface area contributed by atoms with E-state index < -0.39 is 11.7 Å². The average Bonchev–Trinajstić information content (AvgIpc) is 3.14. The number of ether oxygens (including phenoxy) is 1. The lowest BCUT2D eigenvalue weighted by Crippen LogP contribution is -2.05. The van der Waals surface area contributed by atoms with Crippen LogP contribution in [0, 0.1) is 0 Å². The van der Waals surface area contributed by atoms with Crippen LogP contribution in [0.25, 0.3) is 11.4 Å². The van der Waals surface area contributed by atoms with Gasteiger partial charge >= 0.3 is 6.18 Å². The van der Waals surface area contributed by atoms with Gasteiger partial charge in [0.1, 0.15) is 5.56 Å². The van der Waals surface area contributed by atoms with Crippen LogP contribution in [0.1, 0.15) is 11.1 Å². The second kappa shape index (κ2) is 7.02. The van der Waals surface area contributed by atoms with Crippen LogP contribution >= 0.6 is 11.8 Å². The molecule has 138 valence electrons. The molecule has 0 amide bonds. The number of hydrogen-bond donors (Lipinski definition) is 0. The van der Waals surface area contributed by atoms with Gasteiger partial charge in [0.05, 0.1) is 12.7 Å². The largest absolute Gasteiger partial charge is 0.479 e. The number of methoxy groups -OCH3 is 1. The van der Waals surface area contributed by atoms with Crippen molar-refractivity contribution in [1.29, 1.82) is 0 Å². The maximum absolute atomic E-state index is 12.8. The van der Waals surface area contributed by atoms with E-state index in [-0.39, 0.29) is 0 Å².